The van der Waals surface area contributed by atoms with Gasteiger partial charge in [-0.25, -0.2) is 0 Å². The number of nitrogens with one attached hydrogen (secondary N) is 1. The minimum Gasteiger partial charge on any atom is -0.356 e. The maximum absolute atomic E-state index is 13.6. The number of fused-ring (bicyclic) bond motifs is 4. The summed E-state index contributed by atoms with van der Waals surface area (Å²) in [6, 6.07) is 8.47. The summed E-state index contributed by atoms with van der Waals surface area (Å²) in [6.45, 7) is 5.95. The molecular weight excluding hydrogens is 350 g/mol. The van der Waals surface area contributed by atoms with Crippen LogP contribution >= 0.6 is 0 Å². The van der Waals surface area contributed by atoms with E-state index in [1.165, 1.54) is 23.1 Å². The molecule has 1 amide bonds. The maximum Gasteiger partial charge on any atom is 0.292 e. The molecule has 2 aromatic heterocycles. The lowest BCUT2D eigenvalue weighted by Crippen LogP contribution is -2.43. The molecule has 0 saturated heterocycles. The van der Waals surface area contributed by atoms with Crippen molar-refractivity contribution < 1.29 is 4.79 Å². The molecule has 1 atom stereocenters. The zero-order chi connectivity index (χ0) is 19.3. The molecule has 1 N–H and O–H groups in total. The Kier molecular flexibility index (Phi) is 4.22. The average molecular weight is 377 g/mol. The Labute approximate surface area is 164 Å². The van der Waals surface area contributed by atoms with Crippen LogP contribution in [-0.2, 0) is 19.4 Å². The van der Waals surface area contributed by atoms with E-state index in [9.17, 15) is 4.79 Å². The summed E-state index contributed by atoms with van der Waals surface area (Å²) in [5, 5.41) is 9.94. The van der Waals surface area contributed by atoms with Crippen molar-refractivity contribution in [3.8, 4) is 0 Å². The van der Waals surface area contributed by atoms with Gasteiger partial charge >= 0.3 is 0 Å². The number of carbonyl (C=O) groups excluding carboxylic acids is 1. The number of H-pyrrole nitrogens is 1. The number of carbonyl (C=O) groups is 1. The van der Waals surface area contributed by atoms with Gasteiger partial charge in [-0.3, -0.25) is 4.79 Å². The van der Waals surface area contributed by atoms with Gasteiger partial charge in [0, 0.05) is 36.1 Å². The number of benzene rings is 1. The van der Waals surface area contributed by atoms with E-state index in [4.69, 9.17) is 0 Å². The van der Waals surface area contributed by atoms with Gasteiger partial charge in [-0.15, -0.1) is 10.2 Å². The molecule has 1 aromatic carbocycles. The molecule has 0 radical (unpaired) electrons. The largest absolute Gasteiger partial charge is 0.356 e. The van der Waals surface area contributed by atoms with Gasteiger partial charge in [0.1, 0.15) is 5.82 Å². The Morgan fingerprint density at radius 2 is 1.96 bits per heavy atom. The summed E-state index contributed by atoms with van der Waals surface area (Å²) < 4.78 is 2.06. The van der Waals surface area contributed by atoms with Gasteiger partial charge in [0.2, 0.25) is 5.82 Å². The van der Waals surface area contributed by atoms with E-state index in [0.717, 1.165) is 50.1 Å². The van der Waals surface area contributed by atoms with Crippen molar-refractivity contribution in [3.05, 3.63) is 47.2 Å². The Morgan fingerprint density at radius 1 is 1.11 bits per heavy atom. The number of hydrogen-bond donors (Lipinski definition) is 1. The van der Waals surface area contributed by atoms with Crippen molar-refractivity contribution in [2.24, 2.45) is 5.92 Å². The van der Waals surface area contributed by atoms with Crippen LogP contribution in [0.25, 0.3) is 10.9 Å². The van der Waals surface area contributed by atoms with Crippen molar-refractivity contribution >= 4 is 16.8 Å². The van der Waals surface area contributed by atoms with Crippen molar-refractivity contribution in [1.82, 2.24) is 24.6 Å². The zero-order valence-electron chi connectivity index (χ0n) is 16.6. The van der Waals surface area contributed by atoms with Gasteiger partial charge in [0.15, 0.2) is 0 Å². The molecule has 2 aliphatic heterocycles. The third kappa shape index (κ3) is 2.65. The van der Waals surface area contributed by atoms with Gasteiger partial charge in [0.25, 0.3) is 5.91 Å². The topological polar surface area (TPSA) is 66.8 Å². The molecule has 2 aliphatic rings. The Bertz CT molecular complexity index is 1030. The Morgan fingerprint density at radius 3 is 2.82 bits per heavy atom. The van der Waals surface area contributed by atoms with Crippen LogP contribution in [0, 0.1) is 5.92 Å². The fourth-order valence-corrected chi connectivity index (χ4v) is 4.96. The van der Waals surface area contributed by atoms with E-state index < -0.39 is 0 Å². The number of hydrogen-bond acceptors (Lipinski definition) is 3. The second-order valence-corrected chi connectivity index (χ2v) is 8.40. The lowest BCUT2D eigenvalue weighted by molar-refractivity contribution is 0.0580. The van der Waals surface area contributed by atoms with E-state index in [-0.39, 0.29) is 11.9 Å². The Balaban J connectivity index is 1.55. The number of rotatable bonds is 2. The summed E-state index contributed by atoms with van der Waals surface area (Å²) in [6.07, 6.45) is 5.19. The highest BCUT2D eigenvalue weighted by Gasteiger charge is 2.37. The molecule has 4 heterocycles. The summed E-state index contributed by atoms with van der Waals surface area (Å²) >= 11 is 0. The van der Waals surface area contributed by atoms with Crippen LogP contribution in [0.1, 0.15) is 66.9 Å². The molecule has 0 saturated carbocycles. The lowest BCUT2D eigenvalue weighted by atomic mass is 9.90. The minimum atomic E-state index is 0.0173. The SMILES string of the molecule is CC(C)C1c2[nH]c3ccccc3c2CCN1C(=O)c1nnc2n1CCCCC2. The van der Waals surface area contributed by atoms with Crippen LogP contribution in [0.3, 0.4) is 0 Å². The molecule has 146 valence electrons. The summed E-state index contributed by atoms with van der Waals surface area (Å²) in [5.74, 6) is 1.80. The fourth-order valence-electron chi connectivity index (χ4n) is 4.96. The second kappa shape index (κ2) is 6.76. The van der Waals surface area contributed by atoms with Gasteiger partial charge in [0.05, 0.1) is 6.04 Å². The van der Waals surface area contributed by atoms with Crippen molar-refractivity contribution in [1.29, 1.82) is 0 Å². The molecule has 6 heteroatoms. The fraction of sp³-hybridized carbons (Fsp3) is 0.500. The number of amides is 1. The maximum atomic E-state index is 13.6. The average Bonchev–Trinajstić information content (AvgIpc) is 3.19. The first kappa shape index (κ1) is 17.5. The molecule has 6 nitrogen and oxygen atoms in total. The van der Waals surface area contributed by atoms with Crippen molar-refractivity contribution in [2.45, 2.75) is 58.5 Å². The first-order valence-corrected chi connectivity index (χ1v) is 10.5. The number of para-hydroxylation sites is 1. The monoisotopic (exact) mass is 377 g/mol. The van der Waals surface area contributed by atoms with Crippen LogP contribution < -0.4 is 0 Å². The van der Waals surface area contributed by atoms with E-state index in [2.05, 4.69) is 57.9 Å². The van der Waals surface area contributed by atoms with E-state index in [1.54, 1.807) is 0 Å². The van der Waals surface area contributed by atoms with Crippen molar-refractivity contribution in [2.75, 3.05) is 6.54 Å². The number of nitrogens with zero attached hydrogens (tertiary/aromatic N) is 4. The normalized spacial score (nSPS) is 19.5. The highest BCUT2D eigenvalue weighted by atomic mass is 16.2. The Hall–Kier alpha value is -2.63. The van der Waals surface area contributed by atoms with E-state index in [0.29, 0.717) is 11.7 Å². The van der Waals surface area contributed by atoms with Gasteiger partial charge < -0.3 is 14.5 Å². The van der Waals surface area contributed by atoms with Crippen molar-refractivity contribution in [3.63, 3.8) is 0 Å². The predicted octanol–water partition coefficient (Wildman–Crippen LogP) is 3.88. The summed E-state index contributed by atoms with van der Waals surface area (Å²) in [7, 11) is 0. The van der Waals surface area contributed by atoms with E-state index >= 15 is 0 Å². The standard InChI is InChI=1S/C22H27N5O/c1-14(2)20-19-16(15-8-5-6-9-17(15)23-19)11-13-27(20)22(28)21-25-24-18-10-4-3-7-12-26(18)21/h5-6,8-9,14,20,23H,3-4,7,10-13H2,1-2H3. The summed E-state index contributed by atoms with van der Waals surface area (Å²) in [4.78, 5) is 19.2. The van der Waals surface area contributed by atoms with Crippen LogP contribution in [0.15, 0.2) is 24.3 Å². The van der Waals surface area contributed by atoms with E-state index in [1.807, 2.05) is 4.90 Å². The molecule has 0 bridgehead atoms. The third-order valence-corrected chi connectivity index (χ3v) is 6.27. The minimum absolute atomic E-state index is 0.0173. The quantitative estimate of drug-likeness (QED) is 0.737. The molecular formula is C22H27N5O. The molecule has 3 aromatic rings. The van der Waals surface area contributed by atoms with Gasteiger partial charge in [-0.2, -0.15) is 0 Å². The first-order valence-electron chi connectivity index (χ1n) is 10.5. The highest BCUT2D eigenvalue weighted by Crippen LogP contribution is 2.39. The first-order chi connectivity index (χ1) is 13.6. The van der Waals surface area contributed by atoms with Crippen LogP contribution in [-0.4, -0.2) is 37.1 Å². The molecule has 28 heavy (non-hydrogen) atoms. The van der Waals surface area contributed by atoms with Gasteiger partial charge in [-0.05, 0) is 36.8 Å². The molecule has 5 rings (SSSR count). The second-order valence-electron chi connectivity index (χ2n) is 8.40. The zero-order valence-corrected chi connectivity index (χ0v) is 16.6. The number of aromatic amines is 1. The number of aryl methyl sites for hydroxylation is 1. The molecule has 0 fully saturated rings. The third-order valence-electron chi connectivity index (χ3n) is 6.27. The van der Waals surface area contributed by atoms with Crippen LogP contribution in [0.2, 0.25) is 0 Å². The van der Waals surface area contributed by atoms with Gasteiger partial charge in [-0.1, -0.05) is 38.5 Å². The molecule has 0 aliphatic carbocycles. The smallest absolute Gasteiger partial charge is 0.292 e. The predicted molar refractivity (Wildman–Crippen MR) is 108 cm³/mol. The van der Waals surface area contributed by atoms with Crippen LogP contribution in [0.4, 0.5) is 0 Å². The molecule has 0 spiro atoms. The highest BCUT2D eigenvalue weighted by molar-refractivity contribution is 5.92. The number of aromatic nitrogens is 4. The lowest BCUT2D eigenvalue weighted by Gasteiger charge is -2.38. The summed E-state index contributed by atoms with van der Waals surface area (Å²) in [5.41, 5.74) is 3.70. The van der Waals surface area contributed by atoms with Crippen LogP contribution in [0.5, 0.6) is 0 Å². The molecule has 1 unspecified atom stereocenters.